The summed E-state index contributed by atoms with van der Waals surface area (Å²) in [4.78, 5) is 18.8. The van der Waals surface area contributed by atoms with Crippen molar-refractivity contribution in [2.75, 3.05) is 40.3 Å². The number of nitrogens with zero attached hydrogens (tertiary/aromatic N) is 3. The van der Waals surface area contributed by atoms with Crippen LogP contribution in [0.1, 0.15) is 29.7 Å². The molecule has 27 heavy (non-hydrogen) atoms. The van der Waals surface area contributed by atoms with Crippen molar-refractivity contribution in [1.82, 2.24) is 14.7 Å². The SMILES string of the molecule is Cc1ccc2oc(CN3C[C@@H]4CC[C@H]3CN(CC(=O)N(C)C)C4)c(C)c2c1. The number of likely N-dealkylation sites (N-methyl/N-ethyl adjacent to an activating group) is 1. The van der Waals surface area contributed by atoms with Gasteiger partial charge in [-0.15, -0.1) is 0 Å². The predicted molar refractivity (Wildman–Crippen MR) is 108 cm³/mol. The van der Waals surface area contributed by atoms with E-state index in [-0.39, 0.29) is 5.91 Å². The van der Waals surface area contributed by atoms with Crippen molar-refractivity contribution >= 4 is 16.9 Å². The lowest BCUT2D eigenvalue weighted by molar-refractivity contribution is -0.130. The van der Waals surface area contributed by atoms with Crippen LogP contribution >= 0.6 is 0 Å². The second-order valence-electron chi connectivity index (χ2n) is 8.66. The smallest absolute Gasteiger partial charge is 0.236 e. The number of hydrogen-bond donors (Lipinski definition) is 0. The van der Waals surface area contributed by atoms with Gasteiger partial charge in [-0.05, 0) is 50.3 Å². The van der Waals surface area contributed by atoms with Crippen LogP contribution in [0.4, 0.5) is 0 Å². The first-order valence-electron chi connectivity index (χ1n) is 10.1. The Morgan fingerprint density at radius 3 is 2.78 bits per heavy atom. The normalized spacial score (nSPS) is 23.7. The van der Waals surface area contributed by atoms with Crippen molar-refractivity contribution in [2.24, 2.45) is 5.92 Å². The number of carbonyl (C=O) groups is 1. The van der Waals surface area contributed by atoms with Crippen LogP contribution < -0.4 is 0 Å². The first-order valence-corrected chi connectivity index (χ1v) is 10.1. The molecule has 0 saturated carbocycles. The molecule has 2 atom stereocenters. The third-order valence-electron chi connectivity index (χ3n) is 6.30. The number of benzene rings is 1. The Kier molecular flexibility index (Phi) is 4.99. The van der Waals surface area contributed by atoms with Gasteiger partial charge in [0, 0.05) is 45.2 Å². The Bertz CT molecular complexity index is 841. The monoisotopic (exact) mass is 369 g/mol. The fourth-order valence-electron chi connectivity index (χ4n) is 4.65. The van der Waals surface area contributed by atoms with Crippen molar-refractivity contribution < 1.29 is 9.21 Å². The van der Waals surface area contributed by atoms with Gasteiger partial charge in [0.05, 0.1) is 13.1 Å². The summed E-state index contributed by atoms with van der Waals surface area (Å²) in [7, 11) is 3.68. The van der Waals surface area contributed by atoms with Crippen LogP contribution in [0, 0.1) is 19.8 Å². The maximum atomic E-state index is 12.2. The van der Waals surface area contributed by atoms with Gasteiger partial charge in [-0.3, -0.25) is 14.6 Å². The molecule has 4 heterocycles. The second kappa shape index (κ2) is 7.28. The number of aryl methyl sites for hydroxylation is 2. The molecule has 5 nitrogen and oxygen atoms in total. The molecular formula is C22H31N3O2. The minimum atomic E-state index is 0.200. The number of rotatable bonds is 4. The summed E-state index contributed by atoms with van der Waals surface area (Å²) in [6.07, 6.45) is 2.49. The molecule has 1 aromatic heterocycles. The molecule has 1 amide bonds. The molecule has 0 aliphatic carbocycles. The molecule has 146 valence electrons. The first kappa shape index (κ1) is 18.5. The summed E-state index contributed by atoms with van der Waals surface area (Å²) in [6.45, 7) is 8.83. The largest absolute Gasteiger partial charge is 0.459 e. The van der Waals surface area contributed by atoms with Crippen LogP contribution in [0.3, 0.4) is 0 Å². The van der Waals surface area contributed by atoms with E-state index in [2.05, 4.69) is 41.8 Å². The molecule has 0 spiro atoms. The van der Waals surface area contributed by atoms with Crippen molar-refractivity contribution in [2.45, 2.75) is 39.3 Å². The van der Waals surface area contributed by atoms with Gasteiger partial charge in [-0.25, -0.2) is 0 Å². The average molecular weight is 370 g/mol. The summed E-state index contributed by atoms with van der Waals surface area (Å²) in [5.41, 5.74) is 3.53. The van der Waals surface area contributed by atoms with Crippen LogP contribution in [0.5, 0.6) is 0 Å². The summed E-state index contributed by atoms with van der Waals surface area (Å²) in [5.74, 6) is 1.94. The van der Waals surface area contributed by atoms with Crippen molar-refractivity contribution in [3.8, 4) is 0 Å². The topological polar surface area (TPSA) is 39.9 Å². The summed E-state index contributed by atoms with van der Waals surface area (Å²) in [6, 6.07) is 6.93. The van der Waals surface area contributed by atoms with Gasteiger partial charge < -0.3 is 9.32 Å². The predicted octanol–water partition coefficient (Wildman–Crippen LogP) is 3.03. The zero-order chi connectivity index (χ0) is 19.1. The van der Waals surface area contributed by atoms with E-state index in [0.29, 0.717) is 18.5 Å². The number of amides is 1. The van der Waals surface area contributed by atoms with Crippen LogP contribution in [0.15, 0.2) is 22.6 Å². The molecule has 3 aliphatic rings. The van der Waals surface area contributed by atoms with E-state index in [9.17, 15) is 4.79 Å². The minimum absolute atomic E-state index is 0.200. The molecule has 2 aromatic rings. The van der Waals surface area contributed by atoms with Crippen molar-refractivity contribution in [1.29, 1.82) is 0 Å². The Balaban J connectivity index is 1.51. The Morgan fingerprint density at radius 2 is 2.00 bits per heavy atom. The third kappa shape index (κ3) is 3.76. The maximum Gasteiger partial charge on any atom is 0.236 e. The molecular weight excluding hydrogens is 338 g/mol. The zero-order valence-electron chi connectivity index (χ0n) is 17.0. The van der Waals surface area contributed by atoms with E-state index in [1.165, 1.54) is 29.4 Å². The van der Waals surface area contributed by atoms with Crippen LogP contribution in [-0.4, -0.2) is 66.9 Å². The summed E-state index contributed by atoms with van der Waals surface area (Å²) < 4.78 is 6.21. The lowest BCUT2D eigenvalue weighted by Gasteiger charge is -2.35. The standard InChI is InChI=1S/C22H31N3O2/c1-15-5-8-20-19(9-15)16(2)21(27-20)13-25-11-17-6-7-18(25)12-24(10-17)14-22(26)23(3)4/h5,8-9,17-18H,6-7,10-14H2,1-4H3/t17-,18+/m1/s1. The number of carbonyl (C=O) groups excluding carboxylic acids is 1. The molecule has 3 fully saturated rings. The molecule has 0 unspecified atom stereocenters. The van der Waals surface area contributed by atoms with Crippen molar-refractivity contribution in [3.05, 3.63) is 35.1 Å². The highest BCUT2D eigenvalue weighted by atomic mass is 16.3. The average Bonchev–Trinajstić information content (AvgIpc) is 2.77. The fourth-order valence-corrected chi connectivity index (χ4v) is 4.65. The van der Waals surface area contributed by atoms with E-state index >= 15 is 0 Å². The highest BCUT2D eigenvalue weighted by Gasteiger charge is 2.36. The fraction of sp³-hybridized carbons (Fsp3) is 0.591. The van der Waals surface area contributed by atoms with E-state index in [0.717, 1.165) is 37.5 Å². The molecule has 5 rings (SSSR count). The molecule has 3 aliphatic heterocycles. The van der Waals surface area contributed by atoms with E-state index in [1.807, 2.05) is 14.1 Å². The summed E-state index contributed by atoms with van der Waals surface area (Å²) >= 11 is 0. The molecule has 1 aromatic carbocycles. The highest BCUT2D eigenvalue weighted by Crippen LogP contribution is 2.32. The van der Waals surface area contributed by atoms with Gasteiger partial charge in [0.15, 0.2) is 0 Å². The minimum Gasteiger partial charge on any atom is -0.459 e. The van der Waals surface area contributed by atoms with Crippen LogP contribution in [0.25, 0.3) is 11.0 Å². The van der Waals surface area contributed by atoms with E-state index in [4.69, 9.17) is 4.42 Å². The zero-order valence-corrected chi connectivity index (χ0v) is 17.0. The van der Waals surface area contributed by atoms with Gasteiger partial charge in [0.1, 0.15) is 11.3 Å². The Morgan fingerprint density at radius 1 is 1.19 bits per heavy atom. The Hall–Kier alpha value is -1.85. The Labute approximate surface area is 161 Å². The molecule has 0 N–H and O–H groups in total. The van der Waals surface area contributed by atoms with Gasteiger partial charge in [-0.2, -0.15) is 0 Å². The maximum absolute atomic E-state index is 12.2. The highest BCUT2D eigenvalue weighted by molar-refractivity contribution is 5.82. The van der Waals surface area contributed by atoms with Gasteiger partial charge in [-0.1, -0.05) is 11.6 Å². The van der Waals surface area contributed by atoms with E-state index in [1.54, 1.807) is 4.90 Å². The molecule has 2 bridgehead atoms. The molecule has 5 heteroatoms. The van der Waals surface area contributed by atoms with Crippen LogP contribution in [0.2, 0.25) is 0 Å². The quantitative estimate of drug-likeness (QED) is 0.831. The second-order valence-corrected chi connectivity index (χ2v) is 8.66. The lowest BCUT2D eigenvalue weighted by Crippen LogP contribution is -2.44. The third-order valence-corrected chi connectivity index (χ3v) is 6.30. The van der Waals surface area contributed by atoms with Gasteiger partial charge in [0.25, 0.3) is 0 Å². The number of hydrogen-bond acceptors (Lipinski definition) is 4. The van der Waals surface area contributed by atoms with Gasteiger partial charge >= 0.3 is 0 Å². The lowest BCUT2D eigenvalue weighted by atomic mass is 9.95. The van der Waals surface area contributed by atoms with Crippen molar-refractivity contribution in [3.63, 3.8) is 0 Å². The van der Waals surface area contributed by atoms with Crippen LogP contribution in [-0.2, 0) is 11.3 Å². The van der Waals surface area contributed by atoms with E-state index < -0.39 is 0 Å². The molecule has 3 saturated heterocycles. The van der Waals surface area contributed by atoms with Gasteiger partial charge in [0.2, 0.25) is 5.91 Å². The number of piperidine rings is 1. The molecule has 0 radical (unpaired) electrons. The first-order chi connectivity index (χ1) is 12.9. The summed E-state index contributed by atoms with van der Waals surface area (Å²) in [5, 5.41) is 1.24. The number of fused-ring (bicyclic) bond motifs is 5. The number of furan rings is 1.